The standard InChI is InChI=1S/C22H39N3O4/c1-8-15(4)19(23-20(26)17-11-9-10-12-24(17)6)21(27)25(7)18(14(2)3)13-16(5)22(28)29/h13-15,17-19H,8-12H2,1-7H3,(H,23,26)(H,28,29). The first-order chi connectivity index (χ1) is 13.5. The predicted molar refractivity (Wildman–Crippen MR) is 114 cm³/mol. The first-order valence-electron chi connectivity index (χ1n) is 10.7. The van der Waals surface area contributed by atoms with Crippen LogP contribution in [0.5, 0.6) is 0 Å². The number of carboxylic acids is 1. The highest BCUT2D eigenvalue weighted by Crippen LogP contribution is 2.20. The average Bonchev–Trinajstić information content (AvgIpc) is 2.68. The predicted octanol–water partition coefficient (Wildman–Crippen LogP) is 2.52. The van der Waals surface area contributed by atoms with Crippen LogP contribution in [0.15, 0.2) is 11.6 Å². The van der Waals surface area contributed by atoms with E-state index in [1.807, 2.05) is 34.7 Å². The summed E-state index contributed by atoms with van der Waals surface area (Å²) in [5.41, 5.74) is 0.205. The smallest absolute Gasteiger partial charge is 0.331 e. The van der Waals surface area contributed by atoms with Gasteiger partial charge in [-0.05, 0) is 45.2 Å². The Hall–Kier alpha value is -1.89. The third-order valence-electron chi connectivity index (χ3n) is 6.09. The minimum Gasteiger partial charge on any atom is -0.478 e. The minimum atomic E-state index is -0.997. The molecule has 0 radical (unpaired) electrons. The Morgan fingerprint density at radius 1 is 1.24 bits per heavy atom. The van der Waals surface area contributed by atoms with E-state index in [0.717, 1.165) is 32.2 Å². The van der Waals surface area contributed by atoms with Crippen molar-refractivity contribution in [1.29, 1.82) is 0 Å². The molecule has 7 heteroatoms. The molecule has 0 saturated carbocycles. The van der Waals surface area contributed by atoms with Crippen LogP contribution in [0.25, 0.3) is 0 Å². The molecule has 29 heavy (non-hydrogen) atoms. The topological polar surface area (TPSA) is 90.0 Å². The van der Waals surface area contributed by atoms with E-state index in [1.165, 1.54) is 6.92 Å². The van der Waals surface area contributed by atoms with Crippen molar-refractivity contribution < 1.29 is 19.5 Å². The zero-order chi connectivity index (χ0) is 22.3. The minimum absolute atomic E-state index is 0.0276. The van der Waals surface area contributed by atoms with Crippen molar-refractivity contribution >= 4 is 17.8 Å². The van der Waals surface area contributed by atoms with E-state index in [2.05, 4.69) is 10.2 Å². The number of amides is 2. The van der Waals surface area contributed by atoms with Crippen LogP contribution in [0, 0.1) is 11.8 Å². The van der Waals surface area contributed by atoms with Crippen molar-refractivity contribution in [3.8, 4) is 0 Å². The molecular weight excluding hydrogens is 370 g/mol. The van der Waals surface area contributed by atoms with E-state index >= 15 is 0 Å². The molecule has 1 rings (SSSR count). The number of rotatable bonds is 9. The summed E-state index contributed by atoms with van der Waals surface area (Å²) < 4.78 is 0. The fraction of sp³-hybridized carbons (Fsp3) is 0.773. The molecule has 1 aliphatic heterocycles. The maximum atomic E-state index is 13.4. The number of carboxylic acid groups (broad SMARTS) is 1. The molecule has 0 aliphatic carbocycles. The molecule has 4 unspecified atom stereocenters. The van der Waals surface area contributed by atoms with Gasteiger partial charge in [-0.25, -0.2) is 4.79 Å². The molecule has 4 atom stereocenters. The molecule has 1 fully saturated rings. The Kier molecular flexibility index (Phi) is 9.83. The zero-order valence-electron chi connectivity index (χ0n) is 19.1. The van der Waals surface area contributed by atoms with Crippen LogP contribution >= 0.6 is 0 Å². The van der Waals surface area contributed by atoms with Gasteiger partial charge in [0.2, 0.25) is 11.8 Å². The summed E-state index contributed by atoms with van der Waals surface area (Å²) in [6, 6.07) is -1.20. The van der Waals surface area contributed by atoms with E-state index in [9.17, 15) is 19.5 Å². The van der Waals surface area contributed by atoms with Crippen molar-refractivity contribution in [3.63, 3.8) is 0 Å². The molecule has 166 valence electrons. The molecule has 7 nitrogen and oxygen atoms in total. The van der Waals surface area contributed by atoms with E-state index in [1.54, 1.807) is 18.0 Å². The fourth-order valence-corrected chi connectivity index (χ4v) is 3.78. The normalized spacial score (nSPS) is 21.4. The van der Waals surface area contributed by atoms with Crippen LogP contribution < -0.4 is 5.32 Å². The highest BCUT2D eigenvalue weighted by atomic mass is 16.4. The van der Waals surface area contributed by atoms with Crippen molar-refractivity contribution in [2.75, 3.05) is 20.6 Å². The lowest BCUT2D eigenvalue weighted by atomic mass is 9.94. The molecular formula is C22H39N3O4. The highest BCUT2D eigenvalue weighted by molar-refractivity contribution is 5.90. The van der Waals surface area contributed by atoms with Gasteiger partial charge in [-0.3, -0.25) is 14.5 Å². The van der Waals surface area contributed by atoms with Crippen LogP contribution in [0.4, 0.5) is 0 Å². The van der Waals surface area contributed by atoms with Gasteiger partial charge >= 0.3 is 5.97 Å². The molecule has 0 aromatic heterocycles. The summed E-state index contributed by atoms with van der Waals surface area (Å²) in [5, 5.41) is 12.2. The number of hydrogen-bond donors (Lipinski definition) is 2. The Bertz CT molecular complexity index is 617. The quantitative estimate of drug-likeness (QED) is 0.571. The van der Waals surface area contributed by atoms with Gasteiger partial charge in [0.25, 0.3) is 0 Å². The number of carbonyl (C=O) groups excluding carboxylic acids is 2. The number of aliphatic carboxylic acids is 1. The second-order valence-corrected chi connectivity index (χ2v) is 8.70. The molecule has 1 heterocycles. The summed E-state index contributed by atoms with van der Waals surface area (Å²) in [4.78, 5) is 41.2. The Morgan fingerprint density at radius 2 is 1.86 bits per heavy atom. The summed E-state index contributed by atoms with van der Waals surface area (Å²) in [6.07, 6.45) is 5.27. The lowest BCUT2D eigenvalue weighted by Crippen LogP contribution is -2.57. The van der Waals surface area contributed by atoms with Gasteiger partial charge < -0.3 is 15.3 Å². The average molecular weight is 410 g/mol. The van der Waals surface area contributed by atoms with Gasteiger partial charge in [0.15, 0.2) is 0 Å². The summed E-state index contributed by atoms with van der Waals surface area (Å²) in [5.74, 6) is -1.27. The molecule has 0 spiro atoms. The van der Waals surface area contributed by atoms with Gasteiger partial charge in [0, 0.05) is 12.6 Å². The van der Waals surface area contributed by atoms with Crippen molar-refractivity contribution in [2.45, 2.75) is 78.4 Å². The number of nitrogens with zero attached hydrogens (tertiary/aromatic N) is 2. The number of piperidine rings is 1. The number of carbonyl (C=O) groups is 3. The molecule has 0 aromatic carbocycles. The van der Waals surface area contributed by atoms with Gasteiger partial charge in [-0.1, -0.05) is 46.6 Å². The van der Waals surface area contributed by atoms with Gasteiger partial charge in [0.1, 0.15) is 6.04 Å². The maximum Gasteiger partial charge on any atom is 0.331 e. The number of likely N-dealkylation sites (tertiary alicyclic amines) is 1. The van der Waals surface area contributed by atoms with E-state index < -0.39 is 12.0 Å². The lowest BCUT2D eigenvalue weighted by Gasteiger charge is -2.36. The van der Waals surface area contributed by atoms with E-state index in [-0.39, 0.29) is 41.3 Å². The number of likely N-dealkylation sites (N-methyl/N-ethyl adjacent to an activating group) is 2. The van der Waals surface area contributed by atoms with Crippen molar-refractivity contribution in [3.05, 3.63) is 11.6 Å². The summed E-state index contributed by atoms with van der Waals surface area (Å²) in [6.45, 7) is 10.3. The lowest BCUT2D eigenvalue weighted by molar-refractivity contribution is -0.140. The van der Waals surface area contributed by atoms with E-state index in [4.69, 9.17) is 0 Å². The second-order valence-electron chi connectivity index (χ2n) is 8.70. The van der Waals surface area contributed by atoms with Crippen LogP contribution in [0.2, 0.25) is 0 Å². The Labute approximate surface area is 175 Å². The Morgan fingerprint density at radius 3 is 2.34 bits per heavy atom. The molecule has 2 N–H and O–H groups in total. The summed E-state index contributed by atoms with van der Waals surface area (Å²) >= 11 is 0. The monoisotopic (exact) mass is 409 g/mol. The van der Waals surface area contributed by atoms with Crippen LogP contribution in [-0.4, -0.2) is 71.5 Å². The highest BCUT2D eigenvalue weighted by Gasteiger charge is 2.35. The first kappa shape index (κ1) is 25.1. The number of nitrogens with one attached hydrogen (secondary N) is 1. The SMILES string of the molecule is CCC(C)C(NC(=O)C1CCCCN1C)C(=O)N(C)C(C=C(C)C(=O)O)C(C)C. The van der Waals surface area contributed by atoms with Crippen LogP contribution in [0.3, 0.4) is 0 Å². The van der Waals surface area contributed by atoms with Gasteiger partial charge in [0.05, 0.1) is 12.1 Å². The third kappa shape index (κ3) is 6.84. The zero-order valence-corrected chi connectivity index (χ0v) is 19.1. The number of hydrogen-bond acceptors (Lipinski definition) is 4. The second kappa shape index (κ2) is 11.3. The molecule has 1 saturated heterocycles. The first-order valence-corrected chi connectivity index (χ1v) is 10.7. The molecule has 2 amide bonds. The van der Waals surface area contributed by atoms with Crippen molar-refractivity contribution in [2.24, 2.45) is 11.8 Å². The summed E-state index contributed by atoms with van der Waals surface area (Å²) in [7, 11) is 3.64. The maximum absolute atomic E-state index is 13.4. The molecule has 0 bridgehead atoms. The fourth-order valence-electron chi connectivity index (χ4n) is 3.78. The third-order valence-corrected chi connectivity index (χ3v) is 6.09. The molecule has 1 aliphatic rings. The van der Waals surface area contributed by atoms with Crippen LogP contribution in [0.1, 0.15) is 60.3 Å². The van der Waals surface area contributed by atoms with Crippen molar-refractivity contribution in [1.82, 2.24) is 15.1 Å². The Balaban J connectivity index is 3.06. The molecule has 0 aromatic rings. The van der Waals surface area contributed by atoms with Gasteiger partial charge in [-0.2, -0.15) is 0 Å². The van der Waals surface area contributed by atoms with E-state index in [0.29, 0.717) is 0 Å². The van der Waals surface area contributed by atoms with Gasteiger partial charge in [-0.15, -0.1) is 0 Å². The van der Waals surface area contributed by atoms with Crippen LogP contribution in [-0.2, 0) is 14.4 Å². The largest absolute Gasteiger partial charge is 0.478 e.